The fraction of sp³-hybridized carbons (Fsp3) is 0. The van der Waals surface area contributed by atoms with Crippen molar-refractivity contribution in [3.05, 3.63) is 18.2 Å². The van der Waals surface area contributed by atoms with Crippen molar-refractivity contribution >= 4 is 6.29 Å². The summed E-state index contributed by atoms with van der Waals surface area (Å²) in [4.78, 5) is 16.8. The van der Waals surface area contributed by atoms with E-state index in [1.54, 1.807) is 0 Å². The molecule has 0 aliphatic heterocycles. The summed E-state index contributed by atoms with van der Waals surface area (Å²) in [5, 5.41) is 8.61. The van der Waals surface area contributed by atoms with E-state index in [4.69, 9.17) is 5.11 Å². The second kappa shape index (κ2) is 2.21. The first-order chi connectivity index (χ1) is 4.33. The highest BCUT2D eigenvalue weighted by Crippen LogP contribution is 1.99. The number of carbonyl (C=O) groups excluding carboxylic acids is 1. The normalized spacial score (nSPS) is 8.89. The van der Waals surface area contributed by atoms with Gasteiger partial charge in [0.05, 0.1) is 12.4 Å². The number of hydrogen-bond donors (Lipinski definition) is 1. The molecule has 0 atom stereocenters. The van der Waals surface area contributed by atoms with Crippen LogP contribution in [0.2, 0.25) is 0 Å². The number of rotatable bonds is 1. The number of aromatic nitrogens is 2. The van der Waals surface area contributed by atoms with Crippen LogP contribution < -0.4 is 0 Å². The predicted octanol–water partition coefficient (Wildman–Crippen LogP) is -0.00530. The van der Waals surface area contributed by atoms with Gasteiger partial charge >= 0.3 is 0 Å². The smallest absolute Gasteiger partial charge is 0.192 e. The molecule has 0 spiro atoms. The minimum atomic E-state index is -0.0411. The molecule has 4 nitrogen and oxygen atoms in total. The lowest BCUT2D eigenvalue weighted by molar-refractivity contribution is 0.111. The first-order valence-electron chi connectivity index (χ1n) is 2.29. The third kappa shape index (κ3) is 1.22. The molecule has 0 aliphatic carbocycles. The molecule has 1 aromatic heterocycles. The molecule has 1 heterocycles. The van der Waals surface area contributed by atoms with Gasteiger partial charge < -0.3 is 5.11 Å². The Balaban J connectivity index is 3.01. The average Bonchev–Trinajstić information content (AvgIpc) is 1.90. The average molecular weight is 124 g/mol. The van der Waals surface area contributed by atoms with Crippen molar-refractivity contribution in [1.82, 2.24) is 9.97 Å². The molecule has 0 saturated carbocycles. The van der Waals surface area contributed by atoms with Crippen molar-refractivity contribution in [3.63, 3.8) is 0 Å². The third-order valence-electron chi connectivity index (χ3n) is 0.764. The lowest BCUT2D eigenvalue weighted by atomic mass is 10.6. The van der Waals surface area contributed by atoms with Crippen molar-refractivity contribution < 1.29 is 9.90 Å². The van der Waals surface area contributed by atoms with Crippen LogP contribution in [0.4, 0.5) is 0 Å². The van der Waals surface area contributed by atoms with Gasteiger partial charge in [-0.1, -0.05) is 0 Å². The lowest BCUT2D eigenvalue weighted by Gasteiger charge is -1.87. The summed E-state index contributed by atoms with van der Waals surface area (Å²) < 4.78 is 0. The van der Waals surface area contributed by atoms with Gasteiger partial charge in [0.15, 0.2) is 17.9 Å². The Kier molecular flexibility index (Phi) is 1.40. The maximum absolute atomic E-state index is 9.91. The summed E-state index contributed by atoms with van der Waals surface area (Å²) in [6.07, 6.45) is 2.84. The Bertz CT molecular complexity index is 207. The maximum atomic E-state index is 9.91. The van der Waals surface area contributed by atoms with Crippen LogP contribution in [0.1, 0.15) is 10.6 Å². The number of carbonyl (C=O) groups is 1. The van der Waals surface area contributed by atoms with Gasteiger partial charge in [0.25, 0.3) is 0 Å². The molecule has 4 heteroatoms. The SMILES string of the molecule is O=Cc1ncc(O)cn1. The second-order valence-corrected chi connectivity index (χ2v) is 1.42. The quantitative estimate of drug-likeness (QED) is 0.535. The molecule has 1 aromatic rings. The summed E-state index contributed by atoms with van der Waals surface area (Å²) in [6, 6.07) is 0. The molecule has 0 radical (unpaired) electrons. The lowest BCUT2D eigenvalue weighted by Crippen LogP contribution is -1.88. The van der Waals surface area contributed by atoms with Crippen LogP contribution in [0.15, 0.2) is 12.4 Å². The highest BCUT2D eigenvalue weighted by atomic mass is 16.3. The van der Waals surface area contributed by atoms with Crippen LogP contribution in [0.3, 0.4) is 0 Å². The van der Waals surface area contributed by atoms with Gasteiger partial charge in [-0.2, -0.15) is 0 Å². The van der Waals surface area contributed by atoms with E-state index in [9.17, 15) is 4.79 Å². The minimum Gasteiger partial charge on any atom is -0.505 e. The van der Waals surface area contributed by atoms with Gasteiger partial charge in [0, 0.05) is 0 Å². The second-order valence-electron chi connectivity index (χ2n) is 1.42. The van der Waals surface area contributed by atoms with Crippen molar-refractivity contribution in [2.75, 3.05) is 0 Å². The van der Waals surface area contributed by atoms with E-state index in [2.05, 4.69) is 9.97 Å². The molecule has 0 saturated heterocycles. The van der Waals surface area contributed by atoms with Crippen LogP contribution in [0.5, 0.6) is 5.75 Å². The number of aromatic hydroxyl groups is 1. The highest BCUT2D eigenvalue weighted by molar-refractivity contribution is 5.68. The summed E-state index contributed by atoms with van der Waals surface area (Å²) in [6.45, 7) is 0. The summed E-state index contributed by atoms with van der Waals surface area (Å²) in [5.41, 5.74) is 0. The third-order valence-corrected chi connectivity index (χ3v) is 0.764. The van der Waals surface area contributed by atoms with E-state index in [0.29, 0.717) is 6.29 Å². The first kappa shape index (κ1) is 5.68. The van der Waals surface area contributed by atoms with Gasteiger partial charge in [-0.05, 0) is 0 Å². The van der Waals surface area contributed by atoms with Crippen molar-refractivity contribution in [1.29, 1.82) is 0 Å². The monoisotopic (exact) mass is 124 g/mol. The summed E-state index contributed by atoms with van der Waals surface area (Å²) in [7, 11) is 0. The van der Waals surface area contributed by atoms with E-state index in [1.165, 1.54) is 0 Å². The first-order valence-corrected chi connectivity index (χ1v) is 2.29. The van der Waals surface area contributed by atoms with E-state index < -0.39 is 0 Å². The molecule has 0 fully saturated rings. The molecule has 0 aliphatic rings. The van der Waals surface area contributed by atoms with Gasteiger partial charge in [-0.15, -0.1) is 0 Å². The van der Waals surface area contributed by atoms with Gasteiger partial charge in [0.2, 0.25) is 0 Å². The minimum absolute atomic E-state index is 0.0411. The summed E-state index contributed by atoms with van der Waals surface area (Å²) >= 11 is 0. The zero-order valence-electron chi connectivity index (χ0n) is 4.48. The molecule has 0 unspecified atom stereocenters. The number of hydrogen-bond acceptors (Lipinski definition) is 4. The summed E-state index contributed by atoms with van der Waals surface area (Å²) in [5.74, 6) is 0.0356. The molecule has 1 rings (SSSR count). The maximum Gasteiger partial charge on any atom is 0.192 e. The largest absolute Gasteiger partial charge is 0.505 e. The zero-order valence-corrected chi connectivity index (χ0v) is 4.48. The van der Waals surface area contributed by atoms with Gasteiger partial charge in [-0.25, -0.2) is 9.97 Å². The van der Waals surface area contributed by atoms with Crippen LogP contribution >= 0.6 is 0 Å². The molecule has 1 N–H and O–H groups in total. The molecule has 9 heavy (non-hydrogen) atoms. The Hall–Kier alpha value is -1.45. The van der Waals surface area contributed by atoms with Crippen LogP contribution in [0, 0.1) is 0 Å². The van der Waals surface area contributed by atoms with Crippen molar-refractivity contribution in [2.24, 2.45) is 0 Å². The number of aldehydes is 1. The van der Waals surface area contributed by atoms with Crippen LogP contribution in [-0.2, 0) is 0 Å². The fourth-order valence-electron chi connectivity index (χ4n) is 0.392. The molecule has 0 aromatic carbocycles. The molecule has 0 bridgehead atoms. The van der Waals surface area contributed by atoms with E-state index in [0.717, 1.165) is 12.4 Å². The van der Waals surface area contributed by atoms with Crippen LogP contribution in [0.25, 0.3) is 0 Å². The van der Waals surface area contributed by atoms with E-state index in [1.807, 2.05) is 0 Å². The van der Waals surface area contributed by atoms with Crippen molar-refractivity contribution in [3.8, 4) is 5.75 Å². The Labute approximate surface area is 51.2 Å². The predicted molar refractivity (Wildman–Crippen MR) is 29.1 cm³/mol. The zero-order chi connectivity index (χ0) is 6.69. The highest BCUT2D eigenvalue weighted by Gasteiger charge is 1.90. The molecular weight excluding hydrogens is 120 g/mol. The molecule has 46 valence electrons. The van der Waals surface area contributed by atoms with Gasteiger partial charge in [0.1, 0.15) is 0 Å². The molecule has 0 amide bonds. The number of nitrogens with zero attached hydrogens (tertiary/aromatic N) is 2. The van der Waals surface area contributed by atoms with E-state index in [-0.39, 0.29) is 11.6 Å². The Morgan fingerprint density at radius 2 is 2.00 bits per heavy atom. The van der Waals surface area contributed by atoms with Crippen LogP contribution in [-0.4, -0.2) is 21.4 Å². The van der Waals surface area contributed by atoms with Crippen molar-refractivity contribution in [2.45, 2.75) is 0 Å². The topological polar surface area (TPSA) is 63.1 Å². The van der Waals surface area contributed by atoms with Gasteiger partial charge in [-0.3, -0.25) is 4.79 Å². The Morgan fingerprint density at radius 1 is 1.44 bits per heavy atom. The van der Waals surface area contributed by atoms with E-state index >= 15 is 0 Å². The molecular formula is C5H4N2O2. The Morgan fingerprint density at radius 3 is 2.44 bits per heavy atom. The standard InChI is InChI=1S/C5H4N2O2/c8-3-5-6-1-4(9)2-7-5/h1-3,9H. The fourth-order valence-corrected chi connectivity index (χ4v) is 0.392.